The number of hydrogen-bond donors (Lipinski definition) is 0. The van der Waals surface area contributed by atoms with Gasteiger partial charge in [0, 0.05) is 0 Å². The van der Waals surface area contributed by atoms with Crippen molar-refractivity contribution in [3.05, 3.63) is 129 Å². The van der Waals surface area contributed by atoms with Gasteiger partial charge in [-0.3, -0.25) is 0 Å². The molecule has 6 rings (SSSR count). The van der Waals surface area contributed by atoms with Gasteiger partial charge in [-0.2, -0.15) is 0 Å². The van der Waals surface area contributed by atoms with Crippen LogP contribution < -0.4 is 0 Å². The average molecular weight is 727 g/mol. The molecule has 2 aliphatic carbocycles. The van der Waals surface area contributed by atoms with Crippen LogP contribution in [0.25, 0.3) is 34.4 Å². The van der Waals surface area contributed by atoms with Crippen LogP contribution in [0.3, 0.4) is 0 Å². The maximum absolute atomic E-state index is 2.60. The van der Waals surface area contributed by atoms with E-state index in [-0.39, 0.29) is 0 Å². The van der Waals surface area contributed by atoms with Gasteiger partial charge in [-0.25, -0.2) is 0 Å². The zero-order chi connectivity index (χ0) is 33.8. The molecule has 4 aromatic rings. The summed E-state index contributed by atoms with van der Waals surface area (Å²) < 4.78 is 0. The van der Waals surface area contributed by atoms with E-state index < -0.39 is 5.92 Å². The third kappa shape index (κ3) is 7.32. The minimum absolute atomic E-state index is 0.602. The summed E-state index contributed by atoms with van der Waals surface area (Å²) in [5.74, 6) is 1.46. The molecular formula is C46H55SiZr. The van der Waals surface area contributed by atoms with Crippen LogP contribution in [0.4, 0.5) is 0 Å². The van der Waals surface area contributed by atoms with Crippen molar-refractivity contribution in [2.45, 2.75) is 116 Å². The van der Waals surface area contributed by atoms with Crippen molar-refractivity contribution < 1.29 is 23.9 Å². The van der Waals surface area contributed by atoms with Crippen LogP contribution in [0.1, 0.15) is 137 Å². The normalized spacial score (nSPS) is 18.5. The molecule has 247 valence electrons. The Labute approximate surface area is 307 Å². The van der Waals surface area contributed by atoms with Crippen LogP contribution in [0.5, 0.6) is 0 Å². The first-order chi connectivity index (χ1) is 23.4. The number of fused-ring (bicyclic) bond motifs is 2. The summed E-state index contributed by atoms with van der Waals surface area (Å²) in [5.41, 5.74) is 18.1. The molecule has 2 aliphatic rings. The van der Waals surface area contributed by atoms with Crippen LogP contribution in [0.15, 0.2) is 96.1 Å². The zero-order valence-corrected chi connectivity index (χ0v) is 33.9. The molecule has 48 heavy (non-hydrogen) atoms. The summed E-state index contributed by atoms with van der Waals surface area (Å²) in [6, 6.07) is 36.0. The standard InChI is InChI=1S/C46H55Si.Zr/c1-7-13-37-27-43-39(35-23-19-33(20-24-35)31(5)9-3)15-11-17-41(43)45(37)29-47-30-46-38(14-8-2)28-44-40(16-12-18-42(44)46)36-25-21-34(22-26-36)32(6)10-4;/h11-12,15-28,31-32,45-47H,7-10,13-14,29-30H2,1-6H3;. The van der Waals surface area contributed by atoms with Crippen molar-refractivity contribution in [1.29, 1.82) is 0 Å². The van der Waals surface area contributed by atoms with Gasteiger partial charge in [0.2, 0.25) is 0 Å². The van der Waals surface area contributed by atoms with E-state index in [9.17, 15) is 0 Å². The Kier molecular flexibility index (Phi) is 11.8. The first-order valence-corrected chi connectivity index (χ1v) is 25.4. The molecule has 2 heteroatoms. The molecule has 0 fully saturated rings. The Morgan fingerprint density at radius 3 is 1.31 bits per heavy atom. The quantitative estimate of drug-likeness (QED) is 0.114. The second kappa shape index (κ2) is 16.0. The van der Waals surface area contributed by atoms with Gasteiger partial charge >= 0.3 is 296 Å². The summed E-state index contributed by atoms with van der Waals surface area (Å²) in [5, 5.41) is 0. The first-order valence-electron chi connectivity index (χ1n) is 18.9. The third-order valence-electron chi connectivity index (χ3n) is 11.5. The van der Waals surface area contributed by atoms with Gasteiger partial charge in [-0.15, -0.1) is 0 Å². The summed E-state index contributed by atoms with van der Waals surface area (Å²) >= 11 is 1.82. The first kappa shape index (κ1) is 35.3. The predicted octanol–water partition coefficient (Wildman–Crippen LogP) is 13.6. The van der Waals surface area contributed by atoms with E-state index in [1.807, 2.05) is 23.9 Å². The van der Waals surface area contributed by atoms with Crippen molar-refractivity contribution in [3.8, 4) is 22.3 Å². The Morgan fingerprint density at radius 2 is 0.958 bits per heavy atom. The van der Waals surface area contributed by atoms with Crippen molar-refractivity contribution in [3.63, 3.8) is 0 Å². The van der Waals surface area contributed by atoms with E-state index in [0.717, 1.165) is 0 Å². The molecule has 0 N–H and O–H groups in total. The summed E-state index contributed by atoms with van der Waals surface area (Å²) in [7, 11) is 0. The van der Waals surface area contributed by atoms with Gasteiger partial charge in [-0.1, -0.05) is 13.8 Å². The molecule has 0 spiro atoms. The van der Waals surface area contributed by atoms with E-state index in [1.54, 1.807) is 22.3 Å². The second-order valence-electron chi connectivity index (χ2n) is 14.7. The Bertz CT molecular complexity index is 1630. The van der Waals surface area contributed by atoms with Gasteiger partial charge < -0.3 is 0 Å². The molecule has 0 amide bonds. The van der Waals surface area contributed by atoms with Crippen molar-refractivity contribution in [1.82, 2.24) is 0 Å². The van der Waals surface area contributed by atoms with Gasteiger partial charge in [0.1, 0.15) is 0 Å². The topological polar surface area (TPSA) is 0 Å². The monoisotopic (exact) mass is 725 g/mol. The molecule has 4 aromatic carbocycles. The fourth-order valence-corrected chi connectivity index (χ4v) is 14.2. The van der Waals surface area contributed by atoms with E-state index in [1.165, 1.54) is 95.1 Å². The van der Waals surface area contributed by atoms with Gasteiger partial charge in [0.25, 0.3) is 0 Å². The molecule has 0 bridgehead atoms. The minimum atomic E-state index is -0.968. The van der Waals surface area contributed by atoms with E-state index >= 15 is 0 Å². The van der Waals surface area contributed by atoms with Crippen LogP contribution in [-0.4, -0.2) is 5.92 Å². The molecule has 0 saturated carbocycles. The van der Waals surface area contributed by atoms with Gasteiger partial charge in [0.15, 0.2) is 0 Å². The molecule has 0 radical (unpaired) electrons. The maximum atomic E-state index is 2.60. The van der Waals surface area contributed by atoms with Gasteiger partial charge in [-0.05, 0) is 0 Å². The Balaban J connectivity index is 1.25. The van der Waals surface area contributed by atoms with E-state index in [2.05, 4.69) is 139 Å². The van der Waals surface area contributed by atoms with Crippen LogP contribution >= 0.6 is 0 Å². The molecular weight excluding hydrogens is 672 g/mol. The Hall–Kier alpha value is -2.54. The second-order valence-corrected chi connectivity index (χ2v) is 23.0. The van der Waals surface area contributed by atoms with Crippen LogP contribution in [0, 0.1) is 0 Å². The van der Waals surface area contributed by atoms with Crippen molar-refractivity contribution in [2.75, 3.05) is 0 Å². The fraction of sp³-hybridized carbons (Fsp3) is 0.391. The number of benzene rings is 4. The summed E-state index contributed by atoms with van der Waals surface area (Å²) in [6.45, 7) is 14.0. The fourth-order valence-electron chi connectivity index (χ4n) is 8.32. The molecule has 0 aliphatic heterocycles. The van der Waals surface area contributed by atoms with E-state index in [0.29, 0.717) is 23.7 Å². The SMILES string of the molecule is CCCC1=Cc2c(-c3ccc(C(C)CC)cc3)cccc2C1C[SiH]([Zr])CC1C(CCC)=Cc2c(-c3ccc(C(C)CC)cc3)cccc21. The molecule has 0 saturated heterocycles. The van der Waals surface area contributed by atoms with Gasteiger partial charge in [0.05, 0.1) is 0 Å². The number of allylic oxidation sites excluding steroid dienone is 2. The number of hydrogen-bond acceptors (Lipinski definition) is 0. The predicted molar refractivity (Wildman–Crippen MR) is 209 cm³/mol. The Morgan fingerprint density at radius 1 is 0.562 bits per heavy atom. The van der Waals surface area contributed by atoms with E-state index in [4.69, 9.17) is 0 Å². The molecule has 0 nitrogen and oxygen atoms in total. The van der Waals surface area contributed by atoms with Crippen LogP contribution in [-0.2, 0) is 23.9 Å². The molecule has 0 aromatic heterocycles. The van der Waals surface area contributed by atoms with Crippen LogP contribution in [0.2, 0.25) is 12.1 Å². The number of rotatable bonds is 14. The average Bonchev–Trinajstić information content (AvgIpc) is 3.64. The summed E-state index contributed by atoms with van der Waals surface area (Å²) in [4.78, 5) is 0. The molecule has 4 unspecified atom stereocenters. The van der Waals surface area contributed by atoms with Crippen molar-refractivity contribution in [2.24, 2.45) is 0 Å². The zero-order valence-electron chi connectivity index (χ0n) is 30.3. The van der Waals surface area contributed by atoms with Crippen molar-refractivity contribution >= 4 is 18.1 Å². The molecule has 0 heterocycles. The molecule has 4 atom stereocenters. The third-order valence-corrected chi connectivity index (χ3v) is 17.1. The summed E-state index contributed by atoms with van der Waals surface area (Å²) in [6.07, 6.45) is 12.5.